The average Bonchev–Trinajstić information content (AvgIpc) is 3.22. The summed E-state index contributed by atoms with van der Waals surface area (Å²) in [5.74, 6) is -0.150. The van der Waals surface area contributed by atoms with Crippen LogP contribution in [-0.4, -0.2) is 74.7 Å². The first-order valence-corrected chi connectivity index (χ1v) is 13.7. The van der Waals surface area contributed by atoms with Crippen molar-refractivity contribution in [3.8, 4) is 0 Å². The minimum atomic E-state index is -0.755. The van der Waals surface area contributed by atoms with Crippen LogP contribution in [0.25, 0.3) is 0 Å². The molecule has 184 valence electrons. The quantitative estimate of drug-likeness (QED) is 0.527. The summed E-state index contributed by atoms with van der Waals surface area (Å²) in [6.45, 7) is 2.08. The molecule has 1 aromatic rings. The van der Waals surface area contributed by atoms with Gasteiger partial charge >= 0.3 is 5.97 Å². The van der Waals surface area contributed by atoms with E-state index in [1.165, 1.54) is 12.8 Å². The highest BCUT2D eigenvalue weighted by Crippen LogP contribution is 2.48. The van der Waals surface area contributed by atoms with Crippen LogP contribution in [0, 0.1) is 11.8 Å². The SMILES string of the molecule is O=C(NC1C2CC[C@](O)(C2)CC2CN21)c1ccc(N2CCC(C(=O)O)C2)nc1SC1CCCC1. The Labute approximate surface area is 204 Å². The molecule has 5 fully saturated rings. The summed E-state index contributed by atoms with van der Waals surface area (Å²) in [6, 6.07) is 4.13. The lowest BCUT2D eigenvalue weighted by atomic mass is 9.95. The molecular formula is C25H34N4O4S. The largest absolute Gasteiger partial charge is 0.481 e. The van der Waals surface area contributed by atoms with Crippen LogP contribution < -0.4 is 10.2 Å². The molecular weight excluding hydrogens is 452 g/mol. The lowest BCUT2D eigenvalue weighted by Crippen LogP contribution is -2.45. The van der Waals surface area contributed by atoms with Gasteiger partial charge in [0.15, 0.2) is 0 Å². The van der Waals surface area contributed by atoms with Crippen molar-refractivity contribution in [3.63, 3.8) is 0 Å². The maximum absolute atomic E-state index is 13.6. The Bertz CT molecular complexity index is 986. The molecule has 6 rings (SSSR count). The zero-order valence-corrected chi connectivity index (χ0v) is 20.3. The number of amides is 1. The number of rotatable bonds is 6. The first-order chi connectivity index (χ1) is 16.4. The van der Waals surface area contributed by atoms with E-state index in [9.17, 15) is 19.8 Å². The minimum Gasteiger partial charge on any atom is -0.481 e. The second-order valence-corrected chi connectivity index (χ2v) is 12.3. The molecule has 8 nitrogen and oxygen atoms in total. The molecule has 6 atom stereocenters. The lowest BCUT2D eigenvalue weighted by Gasteiger charge is -2.26. The molecule has 34 heavy (non-hydrogen) atoms. The number of nitrogens with zero attached hydrogens (tertiary/aromatic N) is 3. The number of carboxylic acids is 1. The van der Waals surface area contributed by atoms with Gasteiger partial charge in [-0.3, -0.25) is 14.5 Å². The number of carbonyl (C=O) groups is 2. The highest BCUT2D eigenvalue weighted by atomic mass is 32.2. The number of aliphatic carboxylic acids is 1. The van der Waals surface area contributed by atoms with Crippen molar-refractivity contribution < 1.29 is 19.8 Å². The number of fused-ring (bicyclic) bond motifs is 3. The van der Waals surface area contributed by atoms with Gasteiger partial charge in [-0.25, -0.2) is 4.98 Å². The minimum absolute atomic E-state index is 0.0204. The molecule has 1 amide bonds. The van der Waals surface area contributed by atoms with Crippen molar-refractivity contribution in [2.24, 2.45) is 11.8 Å². The topological polar surface area (TPSA) is 106 Å². The van der Waals surface area contributed by atoms with Crippen LogP contribution in [0.3, 0.4) is 0 Å². The zero-order valence-electron chi connectivity index (χ0n) is 19.5. The van der Waals surface area contributed by atoms with Crippen LogP contribution in [0.15, 0.2) is 17.2 Å². The molecule has 5 unspecified atom stereocenters. The Morgan fingerprint density at radius 1 is 1.12 bits per heavy atom. The maximum atomic E-state index is 13.6. The summed E-state index contributed by atoms with van der Waals surface area (Å²) in [4.78, 5) is 34.3. The predicted octanol–water partition coefficient (Wildman–Crippen LogP) is 2.70. The molecule has 3 saturated heterocycles. The number of aromatic nitrogens is 1. The van der Waals surface area contributed by atoms with Gasteiger partial charge in [-0.15, -0.1) is 11.8 Å². The highest BCUT2D eigenvalue weighted by molar-refractivity contribution is 7.99. The van der Waals surface area contributed by atoms with Gasteiger partial charge in [0.25, 0.3) is 5.91 Å². The number of hydrogen-bond acceptors (Lipinski definition) is 7. The van der Waals surface area contributed by atoms with E-state index < -0.39 is 11.6 Å². The molecule has 5 aliphatic rings. The Morgan fingerprint density at radius 3 is 2.71 bits per heavy atom. The number of hydrogen-bond donors (Lipinski definition) is 3. The van der Waals surface area contributed by atoms with Gasteiger partial charge in [0.1, 0.15) is 10.8 Å². The molecule has 3 N–H and O–H groups in total. The van der Waals surface area contributed by atoms with Crippen molar-refractivity contribution in [1.29, 1.82) is 0 Å². The van der Waals surface area contributed by atoms with Gasteiger partial charge < -0.3 is 20.4 Å². The summed E-state index contributed by atoms with van der Waals surface area (Å²) in [7, 11) is 0. The highest BCUT2D eigenvalue weighted by Gasteiger charge is 2.55. The zero-order chi connectivity index (χ0) is 23.4. The molecule has 2 saturated carbocycles. The molecule has 0 aromatic carbocycles. The van der Waals surface area contributed by atoms with E-state index >= 15 is 0 Å². The maximum Gasteiger partial charge on any atom is 0.308 e. The third-order valence-corrected chi connectivity index (χ3v) is 9.95. The number of pyridine rings is 1. The van der Waals surface area contributed by atoms with Crippen LogP contribution in [0.2, 0.25) is 0 Å². The summed E-state index contributed by atoms with van der Waals surface area (Å²) < 4.78 is 0. The van der Waals surface area contributed by atoms with Crippen LogP contribution in [0.4, 0.5) is 5.82 Å². The Morgan fingerprint density at radius 2 is 1.94 bits per heavy atom. The van der Waals surface area contributed by atoms with E-state index in [1.807, 2.05) is 17.0 Å². The first kappa shape index (κ1) is 22.6. The molecule has 9 heteroatoms. The van der Waals surface area contributed by atoms with Gasteiger partial charge in [-0.2, -0.15) is 0 Å². The van der Waals surface area contributed by atoms with Crippen molar-refractivity contribution in [1.82, 2.24) is 15.2 Å². The van der Waals surface area contributed by atoms with E-state index in [4.69, 9.17) is 4.98 Å². The molecule has 2 bridgehead atoms. The van der Waals surface area contributed by atoms with Crippen molar-refractivity contribution in [3.05, 3.63) is 17.7 Å². The van der Waals surface area contributed by atoms with E-state index in [1.54, 1.807) is 11.8 Å². The molecule has 1 aromatic heterocycles. The first-order valence-electron chi connectivity index (χ1n) is 12.8. The fraction of sp³-hybridized carbons (Fsp3) is 0.720. The second-order valence-electron chi connectivity index (χ2n) is 11.0. The monoisotopic (exact) mass is 486 g/mol. The number of anilines is 1. The van der Waals surface area contributed by atoms with Gasteiger partial charge in [0.2, 0.25) is 0 Å². The van der Waals surface area contributed by atoms with Gasteiger partial charge in [0, 0.05) is 30.9 Å². The molecule has 0 spiro atoms. The molecule has 0 radical (unpaired) electrons. The number of carboxylic acid groups (broad SMARTS) is 1. The van der Waals surface area contributed by atoms with Crippen LogP contribution in [0.5, 0.6) is 0 Å². The summed E-state index contributed by atoms with van der Waals surface area (Å²) in [6.07, 6.45) is 8.69. The number of aliphatic hydroxyl groups is 1. The van der Waals surface area contributed by atoms with Crippen LogP contribution >= 0.6 is 11.8 Å². The van der Waals surface area contributed by atoms with Crippen molar-refractivity contribution in [2.45, 2.75) is 85.9 Å². The Kier molecular flexibility index (Phi) is 5.77. The third-order valence-electron chi connectivity index (χ3n) is 8.61. The Balaban J connectivity index is 1.23. The van der Waals surface area contributed by atoms with Crippen LogP contribution in [0.1, 0.15) is 68.1 Å². The molecule has 2 aliphatic carbocycles. The van der Waals surface area contributed by atoms with E-state index in [-0.39, 0.29) is 23.9 Å². The average molecular weight is 487 g/mol. The summed E-state index contributed by atoms with van der Waals surface area (Å²) in [5, 5.41) is 24.8. The number of carbonyl (C=O) groups excluding carboxylic acids is 1. The number of thioether (sulfide) groups is 1. The van der Waals surface area contributed by atoms with Gasteiger partial charge in [-0.05, 0) is 63.0 Å². The smallest absolute Gasteiger partial charge is 0.308 e. The predicted molar refractivity (Wildman–Crippen MR) is 129 cm³/mol. The summed E-state index contributed by atoms with van der Waals surface area (Å²) >= 11 is 1.71. The lowest BCUT2D eigenvalue weighted by molar-refractivity contribution is -0.140. The fourth-order valence-corrected chi connectivity index (χ4v) is 7.96. The molecule has 4 heterocycles. The fourth-order valence-electron chi connectivity index (χ4n) is 6.65. The van der Waals surface area contributed by atoms with Crippen LogP contribution in [-0.2, 0) is 4.79 Å². The number of nitrogens with one attached hydrogen (secondary N) is 1. The van der Waals surface area contributed by atoms with Gasteiger partial charge in [0.05, 0.1) is 23.2 Å². The Hall–Kier alpha value is -1.84. The third kappa shape index (κ3) is 4.31. The van der Waals surface area contributed by atoms with E-state index in [0.29, 0.717) is 36.4 Å². The van der Waals surface area contributed by atoms with Crippen molar-refractivity contribution in [2.75, 3.05) is 24.5 Å². The van der Waals surface area contributed by atoms with Crippen molar-refractivity contribution >= 4 is 29.5 Å². The summed E-state index contributed by atoms with van der Waals surface area (Å²) in [5.41, 5.74) is 0.0605. The van der Waals surface area contributed by atoms with E-state index in [0.717, 1.165) is 55.9 Å². The van der Waals surface area contributed by atoms with Gasteiger partial charge in [-0.1, -0.05) is 12.8 Å². The molecule has 3 aliphatic heterocycles. The normalized spacial score (nSPS) is 36.9. The standard InChI is InChI=1S/C25H34N4O4S/c30-22(27-21-15-7-9-25(33,11-15)12-17-14-29(17)21)19-5-6-20(28-10-8-16(13-28)24(31)32)26-23(19)34-18-3-1-2-4-18/h5-6,15-18,21,33H,1-4,7-14H2,(H,27,30)(H,31,32)/t15?,16?,17?,21?,25-,29?/m0/s1. The van der Waals surface area contributed by atoms with E-state index in [2.05, 4.69) is 10.2 Å². The second kappa shape index (κ2) is 8.68.